The van der Waals surface area contributed by atoms with Crippen LogP contribution in [-0.2, 0) is 0 Å². The van der Waals surface area contributed by atoms with Gasteiger partial charge in [-0.25, -0.2) is 4.98 Å². The Morgan fingerprint density at radius 3 is 2.89 bits per heavy atom. The molecular formula is C12H10BrN5O. The number of ether oxygens (including phenoxy) is 1. The average Bonchev–Trinajstić information content (AvgIpc) is 2.89. The fourth-order valence-corrected chi connectivity index (χ4v) is 1.99. The van der Waals surface area contributed by atoms with Gasteiger partial charge in [0.2, 0.25) is 5.95 Å². The quantitative estimate of drug-likeness (QED) is 0.776. The first-order valence-corrected chi connectivity index (χ1v) is 6.38. The molecule has 0 atom stereocenters. The van der Waals surface area contributed by atoms with Crippen molar-refractivity contribution >= 4 is 33.0 Å². The van der Waals surface area contributed by atoms with Crippen LogP contribution < -0.4 is 10.1 Å². The van der Waals surface area contributed by atoms with Gasteiger partial charge in [0.15, 0.2) is 5.65 Å². The normalized spacial score (nSPS) is 10.6. The number of nitrogens with one attached hydrogen (secondary N) is 2. The zero-order valence-corrected chi connectivity index (χ0v) is 11.6. The number of rotatable bonds is 3. The second-order valence-corrected chi connectivity index (χ2v) is 4.59. The molecule has 0 fully saturated rings. The van der Waals surface area contributed by atoms with Gasteiger partial charge in [0.1, 0.15) is 11.3 Å². The van der Waals surface area contributed by atoms with E-state index >= 15 is 0 Å². The number of fused-ring (bicyclic) bond motifs is 1. The van der Waals surface area contributed by atoms with Gasteiger partial charge >= 0.3 is 0 Å². The Morgan fingerprint density at radius 2 is 2.11 bits per heavy atom. The van der Waals surface area contributed by atoms with E-state index < -0.39 is 0 Å². The molecule has 0 unspecified atom stereocenters. The summed E-state index contributed by atoms with van der Waals surface area (Å²) in [5, 5.41) is 2.88. The Kier molecular flexibility index (Phi) is 3.04. The van der Waals surface area contributed by atoms with Crippen molar-refractivity contribution in [2.24, 2.45) is 0 Å². The standard InChI is InChI=1S/C12H10BrN5O/c1-14-12-17-10-9(15-6-16-10)11(18-12)19-8-5-3-2-4-7(8)13/h2-6H,1H3,(H2,14,15,16,17,18). The van der Waals surface area contributed by atoms with Crippen molar-refractivity contribution in [3.05, 3.63) is 35.1 Å². The second kappa shape index (κ2) is 4.85. The van der Waals surface area contributed by atoms with Crippen LogP contribution in [0.5, 0.6) is 11.6 Å². The molecule has 3 aromatic rings. The smallest absolute Gasteiger partial charge is 0.250 e. The van der Waals surface area contributed by atoms with Crippen LogP contribution in [-0.4, -0.2) is 27.0 Å². The van der Waals surface area contributed by atoms with E-state index in [4.69, 9.17) is 4.74 Å². The summed E-state index contributed by atoms with van der Waals surface area (Å²) in [5.41, 5.74) is 1.22. The predicted molar refractivity (Wildman–Crippen MR) is 75.4 cm³/mol. The monoisotopic (exact) mass is 319 g/mol. The van der Waals surface area contributed by atoms with Crippen molar-refractivity contribution < 1.29 is 4.74 Å². The predicted octanol–water partition coefficient (Wildman–Crippen LogP) is 2.95. The number of anilines is 1. The molecule has 0 aliphatic heterocycles. The average molecular weight is 320 g/mol. The summed E-state index contributed by atoms with van der Waals surface area (Å²) in [6.45, 7) is 0. The SMILES string of the molecule is CNc1nc(Oc2ccccc2Br)c2[nH]cnc2n1. The highest BCUT2D eigenvalue weighted by Crippen LogP contribution is 2.31. The van der Waals surface area contributed by atoms with Gasteiger partial charge in [-0.15, -0.1) is 0 Å². The zero-order valence-electron chi connectivity index (χ0n) is 10.0. The van der Waals surface area contributed by atoms with Crippen LogP contribution in [0.25, 0.3) is 11.2 Å². The molecule has 2 N–H and O–H groups in total. The molecule has 0 aliphatic rings. The van der Waals surface area contributed by atoms with Crippen LogP contribution in [0, 0.1) is 0 Å². The largest absolute Gasteiger partial charge is 0.436 e. The topological polar surface area (TPSA) is 75.7 Å². The fourth-order valence-electron chi connectivity index (χ4n) is 1.62. The van der Waals surface area contributed by atoms with Crippen LogP contribution in [0.1, 0.15) is 0 Å². The van der Waals surface area contributed by atoms with E-state index in [1.54, 1.807) is 13.4 Å². The molecule has 0 saturated carbocycles. The number of halogens is 1. The highest BCUT2D eigenvalue weighted by molar-refractivity contribution is 9.10. The van der Waals surface area contributed by atoms with Gasteiger partial charge in [0.25, 0.3) is 5.88 Å². The molecule has 2 aromatic heterocycles. The molecule has 0 spiro atoms. The summed E-state index contributed by atoms with van der Waals surface area (Å²) < 4.78 is 6.67. The summed E-state index contributed by atoms with van der Waals surface area (Å²) in [4.78, 5) is 15.6. The lowest BCUT2D eigenvalue weighted by Crippen LogP contribution is -1.99. The minimum atomic E-state index is 0.429. The van der Waals surface area contributed by atoms with Crippen LogP contribution in [0.4, 0.5) is 5.95 Å². The van der Waals surface area contributed by atoms with Crippen LogP contribution >= 0.6 is 15.9 Å². The molecule has 2 heterocycles. The molecule has 19 heavy (non-hydrogen) atoms. The second-order valence-electron chi connectivity index (χ2n) is 3.74. The summed E-state index contributed by atoms with van der Waals surface area (Å²) in [7, 11) is 1.75. The third kappa shape index (κ3) is 2.24. The van der Waals surface area contributed by atoms with Crippen LogP contribution in [0.3, 0.4) is 0 Å². The maximum absolute atomic E-state index is 5.81. The summed E-state index contributed by atoms with van der Waals surface area (Å²) in [6, 6.07) is 7.57. The minimum absolute atomic E-state index is 0.429. The van der Waals surface area contributed by atoms with Gasteiger partial charge in [-0.05, 0) is 28.1 Å². The Hall–Kier alpha value is -2.15. The number of para-hydroxylation sites is 1. The maximum atomic E-state index is 5.81. The molecule has 0 aliphatic carbocycles. The number of aromatic nitrogens is 4. The first-order chi connectivity index (χ1) is 9.28. The molecule has 0 amide bonds. The minimum Gasteiger partial charge on any atom is -0.436 e. The van der Waals surface area contributed by atoms with Gasteiger partial charge in [-0.3, -0.25) is 0 Å². The molecule has 96 valence electrons. The summed E-state index contributed by atoms with van der Waals surface area (Å²) >= 11 is 3.43. The van der Waals surface area contributed by atoms with Crippen molar-refractivity contribution in [3.63, 3.8) is 0 Å². The van der Waals surface area contributed by atoms with Gasteiger partial charge in [0, 0.05) is 7.05 Å². The number of hydrogen-bond donors (Lipinski definition) is 2. The van der Waals surface area contributed by atoms with Crippen molar-refractivity contribution in [2.75, 3.05) is 12.4 Å². The molecule has 6 nitrogen and oxygen atoms in total. The maximum Gasteiger partial charge on any atom is 0.250 e. The first kappa shape index (κ1) is 11.9. The third-order valence-corrected chi connectivity index (χ3v) is 3.17. The van der Waals surface area contributed by atoms with Crippen molar-refractivity contribution in [3.8, 4) is 11.6 Å². The van der Waals surface area contributed by atoms with Crippen LogP contribution in [0.15, 0.2) is 35.1 Å². The number of benzene rings is 1. The highest BCUT2D eigenvalue weighted by Gasteiger charge is 2.12. The van der Waals surface area contributed by atoms with Gasteiger partial charge in [-0.1, -0.05) is 12.1 Å². The van der Waals surface area contributed by atoms with Gasteiger partial charge in [0.05, 0.1) is 10.8 Å². The van der Waals surface area contributed by atoms with Crippen molar-refractivity contribution in [1.29, 1.82) is 0 Å². The highest BCUT2D eigenvalue weighted by atomic mass is 79.9. The Morgan fingerprint density at radius 1 is 1.26 bits per heavy atom. The first-order valence-electron chi connectivity index (χ1n) is 5.59. The molecule has 0 radical (unpaired) electrons. The molecule has 7 heteroatoms. The van der Waals surface area contributed by atoms with Crippen LogP contribution in [0.2, 0.25) is 0 Å². The molecule has 0 bridgehead atoms. The summed E-state index contributed by atoms with van der Waals surface area (Å²) in [5.74, 6) is 1.57. The number of aromatic amines is 1. The van der Waals surface area contributed by atoms with E-state index in [0.29, 0.717) is 28.7 Å². The van der Waals surface area contributed by atoms with E-state index in [1.807, 2.05) is 24.3 Å². The lowest BCUT2D eigenvalue weighted by molar-refractivity contribution is 0.465. The molecule has 0 saturated heterocycles. The van der Waals surface area contributed by atoms with E-state index in [9.17, 15) is 0 Å². The number of nitrogens with zero attached hydrogens (tertiary/aromatic N) is 3. The third-order valence-electron chi connectivity index (χ3n) is 2.52. The zero-order chi connectivity index (χ0) is 13.2. The van der Waals surface area contributed by atoms with E-state index in [2.05, 4.69) is 41.2 Å². The summed E-state index contributed by atoms with van der Waals surface area (Å²) in [6.07, 6.45) is 1.56. The van der Waals surface area contributed by atoms with Crippen molar-refractivity contribution in [2.45, 2.75) is 0 Å². The van der Waals surface area contributed by atoms with E-state index in [1.165, 1.54) is 0 Å². The lowest BCUT2D eigenvalue weighted by Gasteiger charge is -2.08. The van der Waals surface area contributed by atoms with E-state index in [0.717, 1.165) is 4.47 Å². The Bertz CT molecular complexity index is 727. The van der Waals surface area contributed by atoms with Gasteiger partial charge in [-0.2, -0.15) is 9.97 Å². The van der Waals surface area contributed by atoms with E-state index in [-0.39, 0.29) is 0 Å². The molecular weight excluding hydrogens is 310 g/mol. The number of imidazole rings is 1. The fraction of sp³-hybridized carbons (Fsp3) is 0.0833. The Labute approximate surface area is 117 Å². The van der Waals surface area contributed by atoms with Gasteiger partial charge < -0.3 is 15.0 Å². The molecule has 1 aromatic carbocycles. The number of hydrogen-bond acceptors (Lipinski definition) is 5. The van der Waals surface area contributed by atoms with Crippen molar-refractivity contribution in [1.82, 2.24) is 19.9 Å². The number of H-pyrrole nitrogens is 1. The Balaban J connectivity index is 2.09. The lowest BCUT2D eigenvalue weighted by atomic mass is 10.3. The molecule has 3 rings (SSSR count).